The van der Waals surface area contributed by atoms with Crippen LogP contribution >= 0.6 is 0 Å². The third kappa shape index (κ3) is 3.47. The Hall–Kier alpha value is -3.08. The zero-order valence-electron chi connectivity index (χ0n) is 14.7. The number of nitrogens with zero attached hydrogens (tertiary/aromatic N) is 4. The average molecular weight is 350 g/mol. The first-order valence-electron chi connectivity index (χ1n) is 8.99. The third-order valence-electron chi connectivity index (χ3n) is 4.93. The molecule has 1 aliphatic carbocycles. The molecule has 0 aliphatic heterocycles. The van der Waals surface area contributed by atoms with E-state index in [9.17, 15) is 0 Å². The fraction of sp³-hybridized carbons (Fsp3) is 0.444. The van der Waals surface area contributed by atoms with Crippen molar-refractivity contribution in [2.24, 2.45) is 5.92 Å². The van der Waals surface area contributed by atoms with Gasteiger partial charge in [0.1, 0.15) is 11.5 Å². The Kier molecular flexibility index (Phi) is 4.44. The van der Waals surface area contributed by atoms with Crippen molar-refractivity contribution >= 4 is 28.6 Å². The Labute approximate surface area is 151 Å². The number of nitriles is 1. The molecule has 0 unspecified atom stereocenters. The van der Waals surface area contributed by atoms with Crippen LogP contribution in [0.1, 0.15) is 37.8 Å². The van der Waals surface area contributed by atoms with Crippen LogP contribution in [-0.2, 0) is 0 Å². The maximum Gasteiger partial charge on any atom is 0.226 e. The molecule has 3 aromatic rings. The summed E-state index contributed by atoms with van der Waals surface area (Å²) in [5.41, 5.74) is 1.77. The maximum absolute atomic E-state index is 8.85. The summed E-state index contributed by atoms with van der Waals surface area (Å²) < 4.78 is 0. The summed E-state index contributed by atoms with van der Waals surface area (Å²) in [6, 6.07) is 6.52. The van der Waals surface area contributed by atoms with Gasteiger partial charge in [-0.3, -0.25) is 5.10 Å². The Balaban J connectivity index is 1.52. The summed E-state index contributed by atoms with van der Waals surface area (Å²) in [7, 11) is 0. The fourth-order valence-corrected chi connectivity index (χ4v) is 3.53. The zero-order chi connectivity index (χ0) is 17.9. The van der Waals surface area contributed by atoms with E-state index in [4.69, 9.17) is 5.26 Å². The van der Waals surface area contributed by atoms with Crippen LogP contribution in [0.25, 0.3) is 11.0 Å². The first kappa shape index (κ1) is 16.4. The van der Waals surface area contributed by atoms with Crippen molar-refractivity contribution in [1.29, 1.82) is 5.26 Å². The number of anilines is 3. The highest BCUT2D eigenvalue weighted by atomic mass is 15.2. The van der Waals surface area contributed by atoms with Crippen molar-refractivity contribution in [3.05, 3.63) is 24.0 Å². The number of hydrogen-bond acceptors (Lipinski definition) is 6. The SMILES string of the molecule is Cc1cc(Nc2nc(N[C@H]3CC[C@H](CC#N)CC3)nc3[nH]ccc23)n[nH]1. The lowest BCUT2D eigenvalue weighted by Crippen LogP contribution is -2.27. The summed E-state index contributed by atoms with van der Waals surface area (Å²) in [4.78, 5) is 12.4. The highest BCUT2D eigenvalue weighted by Crippen LogP contribution is 2.29. The largest absolute Gasteiger partial charge is 0.351 e. The van der Waals surface area contributed by atoms with Crippen LogP contribution in [-0.4, -0.2) is 31.2 Å². The van der Waals surface area contributed by atoms with Crippen LogP contribution in [0.15, 0.2) is 18.3 Å². The van der Waals surface area contributed by atoms with E-state index >= 15 is 0 Å². The lowest BCUT2D eigenvalue weighted by Gasteiger charge is -2.27. The van der Waals surface area contributed by atoms with Gasteiger partial charge in [0.05, 0.1) is 11.5 Å². The van der Waals surface area contributed by atoms with E-state index in [1.165, 1.54) is 0 Å². The molecule has 0 radical (unpaired) electrons. The molecule has 4 N–H and O–H groups in total. The fourth-order valence-electron chi connectivity index (χ4n) is 3.53. The molecule has 0 bridgehead atoms. The predicted octanol–water partition coefficient (Wildman–Crippen LogP) is 3.62. The minimum atomic E-state index is 0.345. The molecule has 8 nitrogen and oxygen atoms in total. The van der Waals surface area contributed by atoms with Gasteiger partial charge in [0, 0.05) is 30.4 Å². The number of nitrogens with one attached hydrogen (secondary N) is 4. The van der Waals surface area contributed by atoms with Crippen LogP contribution in [0.4, 0.5) is 17.6 Å². The van der Waals surface area contributed by atoms with E-state index in [0.29, 0.717) is 24.3 Å². The molecule has 8 heteroatoms. The summed E-state index contributed by atoms with van der Waals surface area (Å²) in [6.07, 6.45) is 6.76. The zero-order valence-corrected chi connectivity index (χ0v) is 14.7. The Morgan fingerprint density at radius 1 is 1.27 bits per heavy atom. The number of aromatic nitrogens is 5. The minimum Gasteiger partial charge on any atom is -0.351 e. The lowest BCUT2D eigenvalue weighted by atomic mass is 9.84. The van der Waals surface area contributed by atoms with Gasteiger partial charge >= 0.3 is 0 Å². The van der Waals surface area contributed by atoms with Crippen molar-refractivity contribution in [2.75, 3.05) is 10.6 Å². The second-order valence-corrected chi connectivity index (χ2v) is 6.92. The maximum atomic E-state index is 8.85. The number of rotatable bonds is 5. The Morgan fingerprint density at radius 3 is 2.85 bits per heavy atom. The van der Waals surface area contributed by atoms with E-state index in [1.807, 2.05) is 25.3 Å². The van der Waals surface area contributed by atoms with Gasteiger partial charge in [0.15, 0.2) is 5.82 Å². The normalized spacial score (nSPS) is 20.0. The molecule has 26 heavy (non-hydrogen) atoms. The highest BCUT2D eigenvalue weighted by Gasteiger charge is 2.22. The molecule has 4 rings (SSSR count). The molecule has 0 aromatic carbocycles. The van der Waals surface area contributed by atoms with Crippen LogP contribution in [0.2, 0.25) is 0 Å². The average Bonchev–Trinajstić information content (AvgIpc) is 3.26. The first-order valence-corrected chi connectivity index (χ1v) is 8.99. The van der Waals surface area contributed by atoms with E-state index in [0.717, 1.165) is 54.0 Å². The van der Waals surface area contributed by atoms with E-state index in [2.05, 4.69) is 41.9 Å². The summed E-state index contributed by atoms with van der Waals surface area (Å²) in [5.74, 6) is 2.60. The number of hydrogen-bond donors (Lipinski definition) is 4. The quantitative estimate of drug-likeness (QED) is 0.558. The van der Waals surface area contributed by atoms with Crippen LogP contribution in [0.5, 0.6) is 0 Å². The molecule has 3 aromatic heterocycles. The van der Waals surface area contributed by atoms with Crippen molar-refractivity contribution < 1.29 is 0 Å². The minimum absolute atomic E-state index is 0.345. The molecule has 134 valence electrons. The molecular formula is C18H22N8. The van der Waals surface area contributed by atoms with Gasteiger partial charge in [0.25, 0.3) is 0 Å². The molecule has 0 saturated heterocycles. The van der Waals surface area contributed by atoms with Crippen molar-refractivity contribution in [2.45, 2.75) is 45.1 Å². The molecule has 0 atom stereocenters. The van der Waals surface area contributed by atoms with Crippen LogP contribution < -0.4 is 10.6 Å². The summed E-state index contributed by atoms with van der Waals surface area (Å²) in [6.45, 7) is 1.96. The monoisotopic (exact) mass is 350 g/mol. The van der Waals surface area contributed by atoms with E-state index in [1.54, 1.807) is 0 Å². The second kappa shape index (κ2) is 7.04. The number of H-pyrrole nitrogens is 2. The number of aryl methyl sites for hydroxylation is 1. The van der Waals surface area contributed by atoms with Crippen LogP contribution in [0.3, 0.4) is 0 Å². The summed E-state index contributed by atoms with van der Waals surface area (Å²) >= 11 is 0. The third-order valence-corrected chi connectivity index (χ3v) is 4.93. The van der Waals surface area contributed by atoms with E-state index < -0.39 is 0 Å². The molecule has 1 aliphatic rings. The lowest BCUT2D eigenvalue weighted by molar-refractivity contribution is 0.342. The van der Waals surface area contributed by atoms with Gasteiger partial charge in [-0.2, -0.15) is 20.3 Å². The smallest absolute Gasteiger partial charge is 0.226 e. The van der Waals surface area contributed by atoms with Gasteiger partial charge in [0.2, 0.25) is 5.95 Å². The molecule has 0 amide bonds. The first-order chi connectivity index (χ1) is 12.7. The number of aromatic amines is 2. The Bertz CT molecular complexity index is 926. The van der Waals surface area contributed by atoms with Gasteiger partial charge in [-0.1, -0.05) is 0 Å². The molecule has 0 spiro atoms. The molecular weight excluding hydrogens is 328 g/mol. The van der Waals surface area contributed by atoms with Gasteiger partial charge in [-0.15, -0.1) is 0 Å². The van der Waals surface area contributed by atoms with Crippen molar-refractivity contribution in [3.63, 3.8) is 0 Å². The highest BCUT2D eigenvalue weighted by molar-refractivity contribution is 5.89. The molecule has 1 fully saturated rings. The predicted molar refractivity (Wildman–Crippen MR) is 100 cm³/mol. The van der Waals surface area contributed by atoms with Crippen molar-refractivity contribution in [1.82, 2.24) is 25.1 Å². The summed E-state index contributed by atoms with van der Waals surface area (Å²) in [5, 5.41) is 23.6. The van der Waals surface area contributed by atoms with Gasteiger partial charge in [-0.25, -0.2) is 0 Å². The Morgan fingerprint density at radius 2 is 2.12 bits per heavy atom. The topological polar surface area (TPSA) is 118 Å². The number of fused-ring (bicyclic) bond motifs is 1. The standard InChI is InChI=1S/C18H22N8/c1-11-10-15(26-25-11)22-17-14-7-9-20-16(14)23-18(24-17)21-13-4-2-12(3-5-13)6-8-19/h7,9-10,12-13H,2-6H2,1H3,(H4,20,21,22,23,24,25,26)/t12-,13-. The van der Waals surface area contributed by atoms with Crippen LogP contribution in [0, 0.1) is 24.2 Å². The molecule has 1 saturated carbocycles. The van der Waals surface area contributed by atoms with Crippen molar-refractivity contribution in [3.8, 4) is 6.07 Å². The van der Waals surface area contributed by atoms with E-state index in [-0.39, 0.29) is 0 Å². The second-order valence-electron chi connectivity index (χ2n) is 6.92. The van der Waals surface area contributed by atoms with Gasteiger partial charge in [-0.05, 0) is 44.6 Å². The molecule has 3 heterocycles. The van der Waals surface area contributed by atoms with Gasteiger partial charge < -0.3 is 15.6 Å².